The van der Waals surface area contributed by atoms with E-state index >= 15 is 0 Å². The van der Waals surface area contributed by atoms with E-state index in [4.69, 9.17) is 0 Å². The second kappa shape index (κ2) is 5.90. The molecule has 1 atom stereocenters. The topological polar surface area (TPSA) is 15.3 Å². The summed E-state index contributed by atoms with van der Waals surface area (Å²) >= 11 is 1.87. The number of anilines is 2. The molecule has 0 radical (unpaired) electrons. The number of hydrogen-bond donors (Lipinski definition) is 1. The average Bonchev–Trinajstić information content (AvgIpc) is 2.47. The van der Waals surface area contributed by atoms with Gasteiger partial charge in [-0.1, -0.05) is 43.0 Å². The Balaban J connectivity index is 1.99. The normalized spacial score (nSPS) is 14.6. The molecule has 104 valence electrons. The highest BCUT2D eigenvalue weighted by atomic mass is 32.2. The Bertz CT molecular complexity index is 552. The van der Waals surface area contributed by atoms with Crippen molar-refractivity contribution in [2.24, 2.45) is 5.92 Å². The first-order chi connectivity index (χ1) is 9.79. The quantitative estimate of drug-likeness (QED) is 0.908. The highest BCUT2D eigenvalue weighted by Gasteiger charge is 2.23. The van der Waals surface area contributed by atoms with Crippen molar-refractivity contribution in [2.75, 3.05) is 25.0 Å². The van der Waals surface area contributed by atoms with Crippen molar-refractivity contribution < 1.29 is 0 Å². The Labute approximate surface area is 125 Å². The molecule has 0 saturated heterocycles. The van der Waals surface area contributed by atoms with Crippen LogP contribution in [0.4, 0.5) is 11.4 Å². The molecule has 0 saturated carbocycles. The van der Waals surface area contributed by atoms with Crippen LogP contribution in [0.25, 0.3) is 0 Å². The molecular weight excluding hydrogens is 264 g/mol. The lowest BCUT2D eigenvalue weighted by Gasteiger charge is -2.34. The van der Waals surface area contributed by atoms with Gasteiger partial charge in [-0.15, -0.1) is 0 Å². The van der Waals surface area contributed by atoms with Crippen LogP contribution < -0.4 is 10.2 Å². The zero-order chi connectivity index (χ0) is 13.9. The summed E-state index contributed by atoms with van der Waals surface area (Å²) in [7, 11) is 2.02. The first-order valence-electron chi connectivity index (χ1n) is 7.07. The highest BCUT2D eigenvalue weighted by molar-refractivity contribution is 7.99. The van der Waals surface area contributed by atoms with E-state index in [0.29, 0.717) is 5.92 Å². The monoisotopic (exact) mass is 284 g/mol. The Morgan fingerprint density at radius 1 is 1.00 bits per heavy atom. The molecule has 2 aromatic carbocycles. The van der Waals surface area contributed by atoms with Gasteiger partial charge < -0.3 is 10.2 Å². The molecule has 0 unspecified atom stereocenters. The number of nitrogens with zero attached hydrogens (tertiary/aromatic N) is 1. The molecule has 1 aliphatic heterocycles. The molecule has 2 nitrogen and oxygen atoms in total. The van der Waals surface area contributed by atoms with Gasteiger partial charge in [0.1, 0.15) is 0 Å². The Morgan fingerprint density at radius 3 is 2.10 bits per heavy atom. The molecule has 0 aliphatic carbocycles. The minimum atomic E-state index is 0.601. The molecule has 3 heteroatoms. The van der Waals surface area contributed by atoms with Gasteiger partial charge in [0.05, 0.1) is 11.4 Å². The predicted molar refractivity (Wildman–Crippen MR) is 87.1 cm³/mol. The van der Waals surface area contributed by atoms with Crippen LogP contribution in [-0.4, -0.2) is 20.1 Å². The molecule has 20 heavy (non-hydrogen) atoms. The third-order valence-corrected chi connectivity index (χ3v) is 4.71. The summed E-state index contributed by atoms with van der Waals surface area (Å²) in [5.74, 6) is 0.601. The van der Waals surface area contributed by atoms with E-state index < -0.39 is 0 Å². The van der Waals surface area contributed by atoms with E-state index in [1.807, 2.05) is 18.8 Å². The molecule has 0 amide bonds. The second-order valence-electron chi connectivity index (χ2n) is 5.31. The molecule has 2 aromatic rings. The van der Waals surface area contributed by atoms with Crippen LogP contribution >= 0.6 is 11.8 Å². The van der Waals surface area contributed by atoms with Gasteiger partial charge in [-0.05, 0) is 43.8 Å². The summed E-state index contributed by atoms with van der Waals surface area (Å²) in [5.41, 5.74) is 2.67. The molecule has 1 aliphatic rings. The number of rotatable bonds is 4. The summed E-state index contributed by atoms with van der Waals surface area (Å²) in [4.78, 5) is 5.16. The van der Waals surface area contributed by atoms with Crippen LogP contribution in [0.5, 0.6) is 0 Å². The van der Waals surface area contributed by atoms with Crippen molar-refractivity contribution in [3.63, 3.8) is 0 Å². The maximum atomic E-state index is 3.27. The van der Waals surface area contributed by atoms with Crippen molar-refractivity contribution in [1.82, 2.24) is 5.32 Å². The maximum Gasteiger partial charge on any atom is 0.0552 e. The number of para-hydroxylation sites is 2. The first-order valence-corrected chi connectivity index (χ1v) is 7.89. The fourth-order valence-corrected chi connectivity index (χ4v) is 3.80. The van der Waals surface area contributed by atoms with Crippen LogP contribution in [0.3, 0.4) is 0 Å². The van der Waals surface area contributed by atoms with E-state index in [-0.39, 0.29) is 0 Å². The van der Waals surface area contributed by atoms with Crippen LogP contribution in [0, 0.1) is 5.92 Å². The van der Waals surface area contributed by atoms with Gasteiger partial charge in [0.2, 0.25) is 0 Å². The Morgan fingerprint density at radius 2 is 1.55 bits per heavy atom. The van der Waals surface area contributed by atoms with Crippen molar-refractivity contribution >= 4 is 23.1 Å². The second-order valence-corrected chi connectivity index (χ2v) is 6.39. The number of benzene rings is 2. The molecule has 0 bridgehead atoms. The summed E-state index contributed by atoms with van der Waals surface area (Å²) in [6, 6.07) is 17.4. The van der Waals surface area contributed by atoms with E-state index in [2.05, 4.69) is 65.7 Å². The molecule has 0 fully saturated rings. The fraction of sp³-hybridized carbons (Fsp3) is 0.294. The van der Waals surface area contributed by atoms with Crippen molar-refractivity contribution in [1.29, 1.82) is 0 Å². The largest absolute Gasteiger partial charge is 0.339 e. The molecule has 3 rings (SSSR count). The van der Waals surface area contributed by atoms with Crippen molar-refractivity contribution in [2.45, 2.75) is 16.7 Å². The number of fused-ring (bicyclic) bond motifs is 2. The van der Waals surface area contributed by atoms with Crippen LogP contribution in [0.1, 0.15) is 6.92 Å². The molecule has 0 aromatic heterocycles. The predicted octanol–water partition coefficient (Wildman–Crippen LogP) is 4.14. The molecule has 1 N–H and O–H groups in total. The summed E-state index contributed by atoms with van der Waals surface area (Å²) in [5, 5.41) is 3.27. The maximum absolute atomic E-state index is 3.27. The smallest absolute Gasteiger partial charge is 0.0552 e. The number of hydrogen-bond acceptors (Lipinski definition) is 3. The molecule has 0 spiro atoms. The third kappa shape index (κ3) is 2.56. The van der Waals surface area contributed by atoms with Gasteiger partial charge in [-0.3, -0.25) is 0 Å². The average molecular weight is 284 g/mol. The van der Waals surface area contributed by atoms with Crippen LogP contribution in [-0.2, 0) is 0 Å². The lowest BCUT2D eigenvalue weighted by atomic mass is 10.1. The van der Waals surface area contributed by atoms with E-state index in [1.165, 1.54) is 21.2 Å². The van der Waals surface area contributed by atoms with Gasteiger partial charge in [0, 0.05) is 16.3 Å². The highest BCUT2D eigenvalue weighted by Crippen LogP contribution is 2.47. The van der Waals surface area contributed by atoms with Gasteiger partial charge in [0.25, 0.3) is 0 Å². The lowest BCUT2D eigenvalue weighted by Crippen LogP contribution is -2.30. The third-order valence-electron chi connectivity index (χ3n) is 3.58. The minimum absolute atomic E-state index is 0.601. The van der Waals surface area contributed by atoms with Crippen LogP contribution in [0.15, 0.2) is 58.3 Å². The zero-order valence-electron chi connectivity index (χ0n) is 12.0. The zero-order valence-corrected chi connectivity index (χ0v) is 12.8. The first kappa shape index (κ1) is 13.5. The van der Waals surface area contributed by atoms with E-state index in [0.717, 1.165) is 13.1 Å². The van der Waals surface area contributed by atoms with Gasteiger partial charge in [-0.25, -0.2) is 0 Å². The SMILES string of the molecule is CNC[C@@H](C)CN1c2ccccc2Sc2ccccc21. The summed E-state index contributed by atoms with van der Waals surface area (Å²) in [6.07, 6.45) is 0. The van der Waals surface area contributed by atoms with Crippen molar-refractivity contribution in [3.05, 3.63) is 48.5 Å². The van der Waals surface area contributed by atoms with Gasteiger partial charge >= 0.3 is 0 Å². The minimum Gasteiger partial charge on any atom is -0.339 e. The Kier molecular flexibility index (Phi) is 3.99. The molecular formula is C17H20N2S. The van der Waals surface area contributed by atoms with Gasteiger partial charge in [0.15, 0.2) is 0 Å². The lowest BCUT2D eigenvalue weighted by molar-refractivity contribution is 0.547. The molecule has 1 heterocycles. The van der Waals surface area contributed by atoms with Crippen LogP contribution in [0.2, 0.25) is 0 Å². The van der Waals surface area contributed by atoms with E-state index in [1.54, 1.807) is 0 Å². The fourth-order valence-electron chi connectivity index (χ4n) is 2.70. The summed E-state index contributed by atoms with van der Waals surface area (Å²) < 4.78 is 0. The van der Waals surface area contributed by atoms with Crippen molar-refractivity contribution in [3.8, 4) is 0 Å². The van der Waals surface area contributed by atoms with E-state index in [9.17, 15) is 0 Å². The summed E-state index contributed by atoms with van der Waals surface area (Å²) in [6.45, 7) is 4.37. The van der Waals surface area contributed by atoms with Gasteiger partial charge in [-0.2, -0.15) is 0 Å². The standard InChI is InChI=1S/C17H20N2S/c1-13(11-18-2)12-19-14-7-3-5-9-16(14)20-17-10-6-4-8-15(17)19/h3-10,13,18H,11-12H2,1-2H3/t13-/m1/s1. The number of nitrogens with one attached hydrogen (secondary N) is 1. The Hall–Kier alpha value is -1.45.